The number of likely N-dealkylation sites (tertiary alicyclic amines) is 1. The molecule has 0 spiro atoms. The predicted octanol–water partition coefficient (Wildman–Crippen LogP) is 3.06. The average molecular weight is 288 g/mol. The first kappa shape index (κ1) is 13.6. The average Bonchev–Trinajstić information content (AvgIpc) is 3.06. The van der Waals surface area contributed by atoms with Gasteiger partial charge in [-0.1, -0.05) is 41.7 Å². The number of hydrogen-bond donors (Lipinski definition) is 0. The summed E-state index contributed by atoms with van der Waals surface area (Å²) in [5, 5.41) is 1.95. The van der Waals surface area contributed by atoms with E-state index in [1.165, 1.54) is 29.7 Å². The van der Waals surface area contributed by atoms with Gasteiger partial charge in [-0.2, -0.15) is 0 Å². The van der Waals surface area contributed by atoms with E-state index < -0.39 is 0 Å². The van der Waals surface area contributed by atoms with Crippen molar-refractivity contribution in [1.82, 2.24) is 9.47 Å². The van der Waals surface area contributed by atoms with E-state index in [2.05, 4.69) is 35.2 Å². The maximum atomic E-state index is 11.8. The highest BCUT2D eigenvalue weighted by Crippen LogP contribution is 2.31. The van der Waals surface area contributed by atoms with Crippen molar-refractivity contribution in [3.63, 3.8) is 0 Å². The number of aryl methyl sites for hydroxylation is 1. The van der Waals surface area contributed by atoms with Gasteiger partial charge in [-0.05, 0) is 31.9 Å². The molecule has 4 heteroatoms. The van der Waals surface area contributed by atoms with Gasteiger partial charge in [-0.3, -0.25) is 9.69 Å². The highest BCUT2D eigenvalue weighted by molar-refractivity contribution is 7.07. The molecule has 0 aliphatic carbocycles. The van der Waals surface area contributed by atoms with E-state index in [0.717, 1.165) is 25.3 Å². The molecule has 0 amide bonds. The molecule has 1 fully saturated rings. The number of nitrogens with zero attached hydrogens (tertiary/aromatic N) is 2. The van der Waals surface area contributed by atoms with Gasteiger partial charge in [-0.25, -0.2) is 0 Å². The fraction of sp³-hybridized carbons (Fsp3) is 0.438. The number of benzene rings is 1. The van der Waals surface area contributed by atoms with Gasteiger partial charge in [-0.15, -0.1) is 0 Å². The lowest BCUT2D eigenvalue weighted by atomic mass is 10.0. The van der Waals surface area contributed by atoms with Crippen LogP contribution in [0.5, 0.6) is 0 Å². The zero-order valence-corrected chi connectivity index (χ0v) is 12.6. The van der Waals surface area contributed by atoms with Gasteiger partial charge in [0.1, 0.15) is 0 Å². The van der Waals surface area contributed by atoms with Crippen molar-refractivity contribution in [3.8, 4) is 0 Å². The zero-order valence-electron chi connectivity index (χ0n) is 11.8. The molecule has 0 radical (unpaired) electrons. The molecule has 2 aromatic rings. The van der Waals surface area contributed by atoms with Crippen LogP contribution in [-0.2, 0) is 6.54 Å². The molecule has 0 saturated carbocycles. The number of aromatic nitrogens is 1. The van der Waals surface area contributed by atoms with E-state index in [1.807, 2.05) is 16.9 Å². The third-order valence-electron chi connectivity index (χ3n) is 4.14. The summed E-state index contributed by atoms with van der Waals surface area (Å²) in [5.41, 5.74) is 2.48. The van der Waals surface area contributed by atoms with Gasteiger partial charge < -0.3 is 4.57 Å². The summed E-state index contributed by atoms with van der Waals surface area (Å²) in [6, 6.07) is 11.2. The molecular formula is C16H20N2OS. The van der Waals surface area contributed by atoms with Crippen molar-refractivity contribution in [2.24, 2.45) is 0 Å². The molecule has 1 aromatic carbocycles. The minimum Gasteiger partial charge on any atom is -0.302 e. The molecule has 20 heavy (non-hydrogen) atoms. The van der Waals surface area contributed by atoms with Crippen molar-refractivity contribution in [1.29, 1.82) is 0 Å². The Morgan fingerprint density at radius 2 is 2.05 bits per heavy atom. The summed E-state index contributed by atoms with van der Waals surface area (Å²) >= 11 is 1.30. The molecule has 3 nitrogen and oxygen atoms in total. The Kier molecular flexibility index (Phi) is 4.03. The first-order chi connectivity index (χ1) is 9.75. The van der Waals surface area contributed by atoms with Gasteiger partial charge in [0, 0.05) is 30.2 Å². The van der Waals surface area contributed by atoms with Crippen molar-refractivity contribution >= 4 is 11.3 Å². The van der Waals surface area contributed by atoms with Crippen LogP contribution in [0.15, 0.2) is 40.5 Å². The molecule has 106 valence electrons. The first-order valence-electron chi connectivity index (χ1n) is 7.19. The van der Waals surface area contributed by atoms with Crippen LogP contribution in [0, 0.1) is 6.92 Å². The summed E-state index contributed by atoms with van der Waals surface area (Å²) < 4.78 is 1.89. The molecule has 1 unspecified atom stereocenters. The van der Waals surface area contributed by atoms with Crippen LogP contribution in [-0.4, -0.2) is 22.6 Å². The maximum absolute atomic E-state index is 11.8. The van der Waals surface area contributed by atoms with Crippen molar-refractivity contribution in [2.45, 2.75) is 32.4 Å². The van der Waals surface area contributed by atoms with Crippen molar-refractivity contribution in [3.05, 3.63) is 56.6 Å². The molecule has 0 bridgehead atoms. The topological polar surface area (TPSA) is 25.2 Å². The summed E-state index contributed by atoms with van der Waals surface area (Å²) in [7, 11) is 0. The Morgan fingerprint density at radius 3 is 2.75 bits per heavy atom. The summed E-state index contributed by atoms with van der Waals surface area (Å²) in [4.78, 5) is 14.4. The molecular weight excluding hydrogens is 268 g/mol. The second kappa shape index (κ2) is 5.94. The second-order valence-corrected chi connectivity index (χ2v) is 6.22. The normalized spacial score (nSPS) is 19.6. The van der Waals surface area contributed by atoms with Gasteiger partial charge in [0.2, 0.25) is 0 Å². The lowest BCUT2D eigenvalue weighted by Crippen LogP contribution is -2.29. The summed E-state index contributed by atoms with van der Waals surface area (Å²) in [6.07, 6.45) is 2.47. The third kappa shape index (κ3) is 2.72. The fourth-order valence-electron chi connectivity index (χ4n) is 3.05. The van der Waals surface area contributed by atoms with E-state index in [0.29, 0.717) is 6.04 Å². The smallest absolute Gasteiger partial charge is 0.302 e. The van der Waals surface area contributed by atoms with Crippen LogP contribution in [0.2, 0.25) is 0 Å². The molecule has 3 rings (SSSR count). The number of rotatable bonds is 4. The van der Waals surface area contributed by atoms with E-state index in [9.17, 15) is 4.79 Å². The molecule has 1 aliphatic heterocycles. The summed E-state index contributed by atoms with van der Waals surface area (Å²) in [6.45, 7) is 4.91. The van der Waals surface area contributed by atoms with Crippen LogP contribution >= 0.6 is 11.3 Å². The highest BCUT2D eigenvalue weighted by Gasteiger charge is 2.25. The van der Waals surface area contributed by atoms with E-state index in [-0.39, 0.29) is 4.87 Å². The zero-order chi connectivity index (χ0) is 13.9. The van der Waals surface area contributed by atoms with Crippen LogP contribution in [0.4, 0.5) is 0 Å². The molecule has 1 saturated heterocycles. The first-order valence-corrected chi connectivity index (χ1v) is 8.07. The minimum atomic E-state index is 0.165. The van der Waals surface area contributed by atoms with E-state index in [4.69, 9.17) is 0 Å². The monoisotopic (exact) mass is 288 g/mol. The molecule has 2 heterocycles. The predicted molar refractivity (Wildman–Crippen MR) is 83.3 cm³/mol. The van der Waals surface area contributed by atoms with Gasteiger partial charge >= 0.3 is 4.87 Å². The summed E-state index contributed by atoms with van der Waals surface area (Å²) in [5.74, 6) is 0. The minimum absolute atomic E-state index is 0.165. The van der Waals surface area contributed by atoms with Crippen LogP contribution in [0.3, 0.4) is 0 Å². The number of hydrogen-bond acceptors (Lipinski definition) is 3. The maximum Gasteiger partial charge on any atom is 0.307 e. The van der Waals surface area contributed by atoms with Crippen molar-refractivity contribution < 1.29 is 0 Å². The standard InChI is InChI=1S/C16H20N2OS/c1-13-12-20-16(19)18(13)11-10-17-9-5-8-15(17)14-6-3-2-4-7-14/h2-4,6-7,12,15H,5,8-11H2,1H3. The Hall–Kier alpha value is -1.39. The molecule has 1 atom stereocenters. The van der Waals surface area contributed by atoms with Crippen LogP contribution in [0.1, 0.15) is 30.1 Å². The Balaban J connectivity index is 1.69. The molecule has 1 aromatic heterocycles. The lowest BCUT2D eigenvalue weighted by Gasteiger charge is -2.25. The van der Waals surface area contributed by atoms with Crippen molar-refractivity contribution in [2.75, 3.05) is 13.1 Å². The SMILES string of the molecule is Cc1csc(=O)n1CCN1CCCC1c1ccccc1. The molecule has 0 N–H and O–H groups in total. The van der Waals surface area contributed by atoms with Gasteiger partial charge in [0.25, 0.3) is 0 Å². The Labute approximate surface area is 123 Å². The van der Waals surface area contributed by atoms with E-state index in [1.54, 1.807) is 0 Å². The highest BCUT2D eigenvalue weighted by atomic mass is 32.1. The largest absolute Gasteiger partial charge is 0.307 e. The molecule has 1 aliphatic rings. The van der Waals surface area contributed by atoms with E-state index >= 15 is 0 Å². The quantitative estimate of drug-likeness (QED) is 0.864. The van der Waals surface area contributed by atoms with Gasteiger partial charge in [0.05, 0.1) is 0 Å². The Morgan fingerprint density at radius 1 is 1.25 bits per heavy atom. The number of thiazole rings is 1. The fourth-order valence-corrected chi connectivity index (χ4v) is 3.81. The van der Waals surface area contributed by atoms with Crippen LogP contribution < -0.4 is 4.87 Å². The Bertz CT molecular complexity index is 617. The lowest BCUT2D eigenvalue weighted by molar-refractivity contribution is 0.245. The second-order valence-electron chi connectivity index (χ2n) is 5.40. The van der Waals surface area contributed by atoms with Gasteiger partial charge in [0.15, 0.2) is 0 Å². The third-order valence-corrected chi connectivity index (χ3v) is 5.02. The van der Waals surface area contributed by atoms with Crippen LogP contribution in [0.25, 0.3) is 0 Å².